The van der Waals surface area contributed by atoms with Crippen molar-refractivity contribution < 1.29 is 31.2 Å². The molecule has 26 heavy (non-hydrogen) atoms. The summed E-state index contributed by atoms with van der Waals surface area (Å²) in [5, 5.41) is 0. The maximum Gasteiger partial charge on any atom is 0.361 e. The van der Waals surface area contributed by atoms with Gasteiger partial charge in [-0.3, -0.25) is 4.48 Å². The van der Waals surface area contributed by atoms with Crippen molar-refractivity contribution in [1.82, 2.24) is 0 Å². The Morgan fingerprint density at radius 3 is 1.88 bits per heavy atom. The lowest BCUT2D eigenvalue weighted by Gasteiger charge is -2.33. The molecule has 156 valence electrons. The molecule has 0 amide bonds. The number of unbranched alkanes of at least 4 members (excludes halogenated alkanes) is 10. The number of rotatable bonds is 17. The number of likely N-dealkylation sites (N-methyl/N-ethyl adjacent to an activating group) is 1. The Bertz CT molecular complexity index is 348. The Morgan fingerprint density at radius 2 is 1.42 bits per heavy atom. The van der Waals surface area contributed by atoms with E-state index in [2.05, 4.69) is 13.5 Å². The van der Waals surface area contributed by atoms with Gasteiger partial charge in [0.15, 0.2) is 6.54 Å². The van der Waals surface area contributed by atoms with Gasteiger partial charge in [0.1, 0.15) is 0 Å². The molecule has 0 saturated carbocycles. The SMILES string of the molecule is C=COC(C)[N+](C)(C)CC(=O)OCCCCCCCCCCCCC.[Cl-]. The fourth-order valence-corrected chi connectivity index (χ4v) is 2.76. The highest BCUT2D eigenvalue weighted by Crippen LogP contribution is 2.12. The number of esters is 1. The first-order chi connectivity index (χ1) is 11.9. The molecule has 0 aliphatic carbocycles. The first kappa shape index (κ1) is 27.5. The Kier molecular flexibility index (Phi) is 18.7. The van der Waals surface area contributed by atoms with Gasteiger partial charge in [-0.2, -0.15) is 0 Å². The maximum absolute atomic E-state index is 11.9. The van der Waals surface area contributed by atoms with Crippen LogP contribution in [0.5, 0.6) is 0 Å². The summed E-state index contributed by atoms with van der Waals surface area (Å²) in [7, 11) is 3.91. The highest BCUT2D eigenvalue weighted by atomic mass is 35.5. The number of quaternary nitrogens is 1. The second-order valence-electron chi connectivity index (χ2n) is 7.59. The first-order valence-corrected chi connectivity index (χ1v) is 10.2. The molecule has 0 aromatic carbocycles. The van der Waals surface area contributed by atoms with E-state index in [0.717, 1.165) is 12.8 Å². The molecule has 0 aliphatic rings. The third kappa shape index (κ3) is 15.5. The standard InChI is InChI=1S/C21H42NO3.ClH/c1-6-8-9-10-11-12-13-14-15-16-17-18-25-21(23)19-22(4,5)20(3)24-7-2;/h7,20H,2,6,8-19H2,1,3-5H3;1H/q+1;/p-1. The summed E-state index contributed by atoms with van der Waals surface area (Å²) in [6.07, 6.45) is 15.6. The van der Waals surface area contributed by atoms with Crippen LogP contribution in [0.1, 0.15) is 84.5 Å². The Hall–Kier alpha value is -0.740. The predicted octanol–water partition coefficient (Wildman–Crippen LogP) is 2.43. The molecule has 0 N–H and O–H groups in total. The molecule has 0 fully saturated rings. The second-order valence-corrected chi connectivity index (χ2v) is 7.59. The van der Waals surface area contributed by atoms with Crippen molar-refractivity contribution in [1.29, 1.82) is 0 Å². The zero-order chi connectivity index (χ0) is 19.0. The summed E-state index contributed by atoms with van der Waals surface area (Å²) in [4.78, 5) is 11.9. The smallest absolute Gasteiger partial charge is 0.361 e. The van der Waals surface area contributed by atoms with Gasteiger partial charge in [0.25, 0.3) is 0 Å². The Morgan fingerprint density at radius 1 is 0.962 bits per heavy atom. The van der Waals surface area contributed by atoms with Crippen molar-refractivity contribution in [2.45, 2.75) is 90.7 Å². The number of nitrogens with zero attached hydrogens (tertiary/aromatic N) is 1. The number of halogens is 1. The van der Waals surface area contributed by atoms with Crippen molar-refractivity contribution in [3.63, 3.8) is 0 Å². The van der Waals surface area contributed by atoms with E-state index in [1.165, 1.54) is 64.0 Å². The van der Waals surface area contributed by atoms with Gasteiger partial charge >= 0.3 is 5.97 Å². The van der Waals surface area contributed by atoms with Gasteiger partial charge in [0, 0.05) is 6.92 Å². The van der Waals surface area contributed by atoms with Crippen LogP contribution in [0.2, 0.25) is 0 Å². The van der Waals surface area contributed by atoms with E-state index in [1.807, 2.05) is 21.0 Å². The quantitative estimate of drug-likeness (QED) is 0.126. The molecule has 1 unspecified atom stereocenters. The normalized spacial score (nSPS) is 12.2. The van der Waals surface area contributed by atoms with E-state index >= 15 is 0 Å². The monoisotopic (exact) mass is 391 g/mol. The van der Waals surface area contributed by atoms with Gasteiger partial charge in [-0.15, -0.1) is 0 Å². The van der Waals surface area contributed by atoms with Crippen molar-refractivity contribution in [3.8, 4) is 0 Å². The minimum atomic E-state index is -0.156. The molecule has 0 spiro atoms. The number of carbonyl (C=O) groups is 1. The maximum atomic E-state index is 11.9. The lowest BCUT2D eigenvalue weighted by Crippen LogP contribution is -3.00. The Labute approximate surface area is 168 Å². The number of hydrogen-bond donors (Lipinski definition) is 0. The number of hydrogen-bond acceptors (Lipinski definition) is 3. The summed E-state index contributed by atoms with van der Waals surface area (Å²) in [6.45, 7) is 8.59. The number of ether oxygens (including phenoxy) is 2. The average Bonchev–Trinajstić information content (AvgIpc) is 2.55. The second kappa shape index (κ2) is 17.7. The van der Waals surface area contributed by atoms with Crippen LogP contribution in [0.15, 0.2) is 12.8 Å². The van der Waals surface area contributed by atoms with E-state index in [0.29, 0.717) is 17.6 Å². The van der Waals surface area contributed by atoms with E-state index in [-0.39, 0.29) is 24.6 Å². The van der Waals surface area contributed by atoms with Crippen molar-refractivity contribution in [3.05, 3.63) is 12.8 Å². The molecule has 4 nitrogen and oxygen atoms in total. The van der Waals surface area contributed by atoms with Crippen LogP contribution in [-0.2, 0) is 14.3 Å². The third-order valence-electron chi connectivity index (χ3n) is 4.83. The van der Waals surface area contributed by atoms with Crippen molar-refractivity contribution in [2.24, 2.45) is 0 Å². The van der Waals surface area contributed by atoms with Crippen LogP contribution >= 0.6 is 0 Å². The van der Waals surface area contributed by atoms with Gasteiger partial charge < -0.3 is 21.9 Å². The highest BCUT2D eigenvalue weighted by molar-refractivity contribution is 5.70. The first-order valence-electron chi connectivity index (χ1n) is 10.2. The molecule has 0 rings (SSSR count). The summed E-state index contributed by atoms with van der Waals surface area (Å²) in [6, 6.07) is 0. The molecule has 0 bridgehead atoms. The van der Waals surface area contributed by atoms with Crippen LogP contribution in [-0.4, -0.2) is 43.9 Å². The molecule has 1 atom stereocenters. The van der Waals surface area contributed by atoms with Gasteiger partial charge in [-0.05, 0) is 6.42 Å². The molecule has 0 aliphatic heterocycles. The van der Waals surface area contributed by atoms with Gasteiger partial charge in [-0.25, -0.2) is 4.79 Å². The van der Waals surface area contributed by atoms with Crippen molar-refractivity contribution in [2.75, 3.05) is 27.2 Å². The fraction of sp³-hybridized carbons (Fsp3) is 0.857. The lowest BCUT2D eigenvalue weighted by atomic mass is 10.1. The third-order valence-corrected chi connectivity index (χ3v) is 4.83. The van der Waals surface area contributed by atoms with E-state index in [4.69, 9.17) is 9.47 Å². The van der Waals surface area contributed by atoms with Crippen LogP contribution in [0.4, 0.5) is 0 Å². The zero-order valence-electron chi connectivity index (χ0n) is 17.6. The van der Waals surface area contributed by atoms with Gasteiger partial charge in [0.2, 0.25) is 6.23 Å². The lowest BCUT2D eigenvalue weighted by molar-refractivity contribution is -0.927. The van der Waals surface area contributed by atoms with Gasteiger partial charge in [0.05, 0.1) is 27.0 Å². The molecular formula is C21H42ClNO3. The molecule has 0 aromatic rings. The average molecular weight is 392 g/mol. The minimum absolute atomic E-state index is 0. The van der Waals surface area contributed by atoms with Crippen LogP contribution in [0.3, 0.4) is 0 Å². The molecule has 5 heteroatoms. The molecule has 0 aromatic heterocycles. The Balaban J connectivity index is 0. The van der Waals surface area contributed by atoms with Crippen LogP contribution in [0.25, 0.3) is 0 Å². The summed E-state index contributed by atoms with van der Waals surface area (Å²) >= 11 is 0. The topological polar surface area (TPSA) is 35.5 Å². The number of carbonyl (C=O) groups excluding carboxylic acids is 1. The highest BCUT2D eigenvalue weighted by Gasteiger charge is 2.28. The van der Waals surface area contributed by atoms with Crippen LogP contribution < -0.4 is 12.4 Å². The van der Waals surface area contributed by atoms with Crippen molar-refractivity contribution >= 4 is 5.97 Å². The van der Waals surface area contributed by atoms with Gasteiger partial charge in [-0.1, -0.05) is 77.7 Å². The van der Waals surface area contributed by atoms with E-state index in [9.17, 15) is 4.79 Å². The van der Waals surface area contributed by atoms with E-state index in [1.54, 1.807) is 0 Å². The molecule has 0 saturated heterocycles. The summed E-state index contributed by atoms with van der Waals surface area (Å²) < 4.78 is 11.1. The molecule has 0 radical (unpaired) electrons. The van der Waals surface area contributed by atoms with E-state index < -0.39 is 0 Å². The van der Waals surface area contributed by atoms with Crippen LogP contribution in [0, 0.1) is 0 Å². The summed E-state index contributed by atoms with van der Waals surface area (Å²) in [5.74, 6) is -0.156. The predicted molar refractivity (Wildman–Crippen MR) is 105 cm³/mol. The molecular weight excluding hydrogens is 350 g/mol. The minimum Gasteiger partial charge on any atom is -1.00 e. The largest absolute Gasteiger partial charge is 1.00 e. The molecule has 0 heterocycles. The fourth-order valence-electron chi connectivity index (χ4n) is 2.76. The summed E-state index contributed by atoms with van der Waals surface area (Å²) in [5.41, 5.74) is 0. The zero-order valence-corrected chi connectivity index (χ0v) is 18.4.